The molecule has 1 atom stereocenters. The monoisotopic (exact) mass is 343 g/mol. The molecule has 0 aromatic heterocycles. The van der Waals surface area contributed by atoms with Crippen molar-refractivity contribution in [3.05, 3.63) is 54.3 Å². The summed E-state index contributed by atoms with van der Waals surface area (Å²) in [4.78, 5) is 16.6. The molecule has 1 saturated heterocycles. The molecule has 3 rings (SSSR count). The Morgan fingerprint density at radius 1 is 1.08 bits per heavy atom. The number of nitrogens with one attached hydrogen (secondary N) is 1. The molecule has 2 N–H and O–H groups in total. The van der Waals surface area contributed by atoms with Crippen molar-refractivity contribution in [1.82, 2.24) is 4.90 Å². The third kappa shape index (κ3) is 3.91. The van der Waals surface area contributed by atoms with Crippen LogP contribution in [0.3, 0.4) is 0 Å². The Morgan fingerprint density at radius 2 is 1.72 bits per heavy atom. The third-order valence-electron chi connectivity index (χ3n) is 4.60. The molecule has 1 unspecified atom stereocenters. The molecule has 1 amide bonds. The number of halogens is 1. The van der Waals surface area contributed by atoms with E-state index in [1.807, 2.05) is 19.1 Å². The van der Waals surface area contributed by atoms with E-state index in [1.54, 1.807) is 30.3 Å². The van der Waals surface area contributed by atoms with Crippen LogP contribution in [0.1, 0.15) is 6.92 Å². The van der Waals surface area contributed by atoms with Crippen molar-refractivity contribution in [3.8, 4) is 5.75 Å². The smallest absolute Gasteiger partial charge is 0.241 e. The second-order valence-electron chi connectivity index (χ2n) is 6.16. The summed E-state index contributed by atoms with van der Waals surface area (Å²) in [6.45, 7) is 4.65. The molecular weight excluding hydrogens is 321 g/mol. The molecule has 0 radical (unpaired) electrons. The van der Waals surface area contributed by atoms with Crippen molar-refractivity contribution in [2.24, 2.45) is 0 Å². The first-order chi connectivity index (χ1) is 12.1. The molecule has 2 aromatic rings. The lowest BCUT2D eigenvalue weighted by atomic mass is 10.2. The average Bonchev–Trinajstić information content (AvgIpc) is 2.63. The average molecular weight is 343 g/mol. The molecule has 0 aliphatic carbocycles. The van der Waals surface area contributed by atoms with Crippen molar-refractivity contribution >= 4 is 17.3 Å². The maximum absolute atomic E-state index is 13.7. The summed E-state index contributed by atoms with van der Waals surface area (Å²) in [6.07, 6.45) is 0. The van der Waals surface area contributed by atoms with Crippen LogP contribution in [0.2, 0.25) is 0 Å². The first-order valence-corrected chi connectivity index (χ1v) is 8.38. The third-order valence-corrected chi connectivity index (χ3v) is 4.60. The fourth-order valence-corrected chi connectivity index (χ4v) is 3.05. The number of amides is 1. The zero-order valence-corrected chi connectivity index (χ0v) is 14.2. The van der Waals surface area contributed by atoms with Crippen molar-refractivity contribution in [2.75, 3.05) is 36.4 Å². The summed E-state index contributed by atoms with van der Waals surface area (Å²) in [5.41, 5.74) is 1.01. The van der Waals surface area contributed by atoms with E-state index in [9.17, 15) is 14.3 Å². The maximum atomic E-state index is 13.7. The topological polar surface area (TPSA) is 55.8 Å². The lowest BCUT2D eigenvalue weighted by Gasteiger charge is -2.38. The quantitative estimate of drug-likeness (QED) is 0.896. The number of piperazine rings is 1. The molecular formula is C19H22FN3O2. The van der Waals surface area contributed by atoms with Gasteiger partial charge in [-0.1, -0.05) is 24.3 Å². The van der Waals surface area contributed by atoms with Crippen molar-refractivity contribution in [2.45, 2.75) is 13.0 Å². The minimum Gasteiger partial charge on any atom is -0.506 e. The number of nitrogens with zero attached hydrogens (tertiary/aromatic N) is 2. The first-order valence-electron chi connectivity index (χ1n) is 8.38. The number of hydrogen-bond acceptors (Lipinski definition) is 4. The fraction of sp³-hybridized carbons (Fsp3) is 0.316. The van der Waals surface area contributed by atoms with Gasteiger partial charge in [0.05, 0.1) is 17.4 Å². The fourth-order valence-electron chi connectivity index (χ4n) is 3.05. The second kappa shape index (κ2) is 7.53. The summed E-state index contributed by atoms with van der Waals surface area (Å²) < 4.78 is 13.7. The molecule has 0 spiro atoms. The number of para-hydroxylation sites is 3. The number of phenolic OH excluding ortho intramolecular Hbond substituents is 1. The number of hydrogen-bond donors (Lipinski definition) is 2. The first kappa shape index (κ1) is 17.2. The van der Waals surface area contributed by atoms with Gasteiger partial charge in [-0.3, -0.25) is 9.69 Å². The highest BCUT2D eigenvalue weighted by Gasteiger charge is 2.26. The predicted molar refractivity (Wildman–Crippen MR) is 96.4 cm³/mol. The lowest BCUT2D eigenvalue weighted by molar-refractivity contribution is -0.120. The molecule has 2 aromatic carbocycles. The van der Waals surface area contributed by atoms with Crippen molar-refractivity contribution in [3.63, 3.8) is 0 Å². The Morgan fingerprint density at radius 3 is 2.40 bits per heavy atom. The summed E-state index contributed by atoms with van der Waals surface area (Å²) in [5, 5.41) is 12.6. The van der Waals surface area contributed by atoms with Gasteiger partial charge < -0.3 is 15.3 Å². The van der Waals surface area contributed by atoms with Crippen LogP contribution >= 0.6 is 0 Å². The molecule has 0 bridgehead atoms. The zero-order valence-electron chi connectivity index (χ0n) is 14.2. The zero-order chi connectivity index (χ0) is 17.8. The molecule has 1 heterocycles. The van der Waals surface area contributed by atoms with Crippen LogP contribution in [0.4, 0.5) is 15.8 Å². The second-order valence-corrected chi connectivity index (χ2v) is 6.16. The van der Waals surface area contributed by atoms with Crippen LogP contribution in [0.5, 0.6) is 5.75 Å². The van der Waals surface area contributed by atoms with Crippen molar-refractivity contribution in [1.29, 1.82) is 0 Å². The van der Waals surface area contributed by atoms with Gasteiger partial charge in [0.2, 0.25) is 5.91 Å². The van der Waals surface area contributed by atoms with Gasteiger partial charge in [-0.2, -0.15) is 0 Å². The molecule has 25 heavy (non-hydrogen) atoms. The predicted octanol–water partition coefficient (Wildman–Crippen LogP) is 2.68. The van der Waals surface area contributed by atoms with Crippen LogP contribution in [0.25, 0.3) is 0 Å². The Labute approximate surface area is 146 Å². The number of benzene rings is 2. The Bertz CT molecular complexity index is 745. The van der Waals surface area contributed by atoms with E-state index in [4.69, 9.17) is 0 Å². The van der Waals surface area contributed by atoms with Gasteiger partial charge in [0.25, 0.3) is 0 Å². The van der Waals surface area contributed by atoms with E-state index >= 15 is 0 Å². The van der Waals surface area contributed by atoms with Gasteiger partial charge in [0.15, 0.2) is 0 Å². The Kier molecular flexibility index (Phi) is 5.19. The van der Waals surface area contributed by atoms with Gasteiger partial charge in [-0.15, -0.1) is 0 Å². The normalized spacial score (nSPS) is 16.5. The Hall–Kier alpha value is -2.60. The lowest BCUT2D eigenvalue weighted by Crippen LogP contribution is -2.52. The van der Waals surface area contributed by atoms with E-state index in [1.165, 1.54) is 6.07 Å². The highest BCUT2D eigenvalue weighted by Crippen LogP contribution is 2.27. The van der Waals surface area contributed by atoms with E-state index < -0.39 is 5.82 Å². The number of rotatable bonds is 4. The van der Waals surface area contributed by atoms with Crippen LogP contribution in [-0.2, 0) is 4.79 Å². The van der Waals surface area contributed by atoms with E-state index in [0.29, 0.717) is 13.1 Å². The maximum Gasteiger partial charge on any atom is 0.241 e. The molecule has 1 fully saturated rings. The van der Waals surface area contributed by atoms with Gasteiger partial charge in [0.1, 0.15) is 11.6 Å². The van der Waals surface area contributed by atoms with Crippen molar-refractivity contribution < 1.29 is 14.3 Å². The molecule has 6 heteroatoms. The Balaban J connectivity index is 1.58. The summed E-state index contributed by atoms with van der Waals surface area (Å²) in [7, 11) is 0. The number of carbonyl (C=O) groups is 1. The minimum absolute atomic E-state index is 0.201. The molecule has 0 saturated carbocycles. The number of carbonyl (C=O) groups excluding carboxylic acids is 1. The van der Waals surface area contributed by atoms with Gasteiger partial charge >= 0.3 is 0 Å². The van der Waals surface area contributed by atoms with E-state index in [0.717, 1.165) is 18.8 Å². The molecule has 1 aliphatic heterocycles. The highest BCUT2D eigenvalue weighted by atomic mass is 19.1. The molecule has 5 nitrogen and oxygen atoms in total. The number of aromatic hydroxyl groups is 1. The van der Waals surface area contributed by atoms with Crippen LogP contribution in [0.15, 0.2) is 48.5 Å². The molecule has 1 aliphatic rings. The van der Waals surface area contributed by atoms with E-state index in [2.05, 4.69) is 15.1 Å². The van der Waals surface area contributed by atoms with Crippen LogP contribution < -0.4 is 10.2 Å². The largest absolute Gasteiger partial charge is 0.506 e. The van der Waals surface area contributed by atoms with Crippen LogP contribution in [0, 0.1) is 5.82 Å². The van der Waals surface area contributed by atoms with Crippen LogP contribution in [-0.4, -0.2) is 48.1 Å². The number of phenols is 1. The number of anilines is 2. The van der Waals surface area contributed by atoms with Gasteiger partial charge in [-0.25, -0.2) is 4.39 Å². The van der Waals surface area contributed by atoms with Gasteiger partial charge in [0, 0.05) is 26.2 Å². The SMILES string of the molecule is CC(C(=O)Nc1ccccc1F)N1CCN(c2ccccc2O)CC1. The summed E-state index contributed by atoms with van der Waals surface area (Å²) >= 11 is 0. The van der Waals surface area contributed by atoms with Gasteiger partial charge in [-0.05, 0) is 31.2 Å². The summed E-state index contributed by atoms with van der Waals surface area (Å²) in [5.74, 6) is -0.394. The standard InChI is InChI=1S/C19H22FN3O2/c1-14(19(25)21-16-7-3-2-6-15(16)20)22-10-12-23(13-11-22)17-8-4-5-9-18(17)24/h2-9,14,24H,10-13H2,1H3,(H,21,25). The van der Waals surface area contributed by atoms with E-state index in [-0.39, 0.29) is 23.4 Å². The highest BCUT2D eigenvalue weighted by molar-refractivity contribution is 5.94. The minimum atomic E-state index is -0.438. The molecule has 132 valence electrons. The summed E-state index contributed by atoms with van der Waals surface area (Å²) in [6, 6.07) is 13.1.